The van der Waals surface area contributed by atoms with Gasteiger partial charge in [0.15, 0.2) is 0 Å². The van der Waals surface area contributed by atoms with E-state index in [9.17, 15) is 18.0 Å². The summed E-state index contributed by atoms with van der Waals surface area (Å²) in [4.78, 5) is 12.5. The highest BCUT2D eigenvalue weighted by molar-refractivity contribution is 5.94. The maximum Gasteiger partial charge on any atom is 0.416 e. The summed E-state index contributed by atoms with van der Waals surface area (Å²) in [5.74, 6) is 0.152. The lowest BCUT2D eigenvalue weighted by molar-refractivity contribution is -0.137. The first kappa shape index (κ1) is 19.2. The smallest absolute Gasteiger partial charge is 0.416 e. The third-order valence-corrected chi connectivity index (χ3v) is 4.45. The largest absolute Gasteiger partial charge is 0.457 e. The van der Waals surface area contributed by atoms with Crippen LogP contribution in [0.5, 0.6) is 11.5 Å². The van der Waals surface area contributed by atoms with Gasteiger partial charge < -0.3 is 15.4 Å². The molecule has 0 aliphatic carbocycles. The van der Waals surface area contributed by atoms with Crippen LogP contribution in [0.15, 0.2) is 48.5 Å². The van der Waals surface area contributed by atoms with Gasteiger partial charge in [-0.15, -0.1) is 0 Å². The van der Waals surface area contributed by atoms with E-state index in [1.54, 1.807) is 18.2 Å². The van der Waals surface area contributed by atoms with Crippen LogP contribution in [0.1, 0.15) is 35.7 Å². The maximum atomic E-state index is 12.8. The van der Waals surface area contributed by atoms with Crippen LogP contribution < -0.4 is 15.4 Å². The molecule has 0 saturated carbocycles. The van der Waals surface area contributed by atoms with Gasteiger partial charge in [-0.1, -0.05) is 12.1 Å². The lowest BCUT2D eigenvalue weighted by Gasteiger charge is -2.28. The zero-order chi connectivity index (χ0) is 19.4. The highest BCUT2D eigenvalue weighted by Gasteiger charge is 2.30. The van der Waals surface area contributed by atoms with E-state index in [2.05, 4.69) is 17.6 Å². The lowest BCUT2D eigenvalue weighted by Crippen LogP contribution is -2.46. The number of carbonyl (C=O) groups is 1. The molecule has 0 radical (unpaired) electrons. The molecule has 7 heteroatoms. The van der Waals surface area contributed by atoms with Crippen LogP contribution in [0.25, 0.3) is 0 Å². The van der Waals surface area contributed by atoms with Crippen molar-refractivity contribution in [1.82, 2.24) is 10.6 Å². The number of nitrogens with one attached hydrogen (secondary N) is 2. The van der Waals surface area contributed by atoms with Crippen LogP contribution in [0.2, 0.25) is 0 Å². The number of halogens is 3. The molecule has 1 aliphatic rings. The zero-order valence-corrected chi connectivity index (χ0v) is 14.8. The summed E-state index contributed by atoms with van der Waals surface area (Å²) >= 11 is 0. The summed E-state index contributed by atoms with van der Waals surface area (Å²) in [5, 5.41) is 6.33. The first-order chi connectivity index (χ1) is 12.8. The minimum atomic E-state index is -4.44. The molecular formula is C20H21F3N2O2. The quantitative estimate of drug-likeness (QED) is 0.831. The second kappa shape index (κ2) is 8.00. The third kappa shape index (κ3) is 5.23. The second-order valence-electron chi connectivity index (χ2n) is 6.71. The molecule has 144 valence electrons. The fraction of sp³-hybridized carbons (Fsp3) is 0.350. The molecule has 0 bridgehead atoms. The molecule has 1 aliphatic heterocycles. The van der Waals surface area contributed by atoms with E-state index in [1.807, 2.05) is 0 Å². The van der Waals surface area contributed by atoms with Gasteiger partial charge in [0.05, 0.1) is 5.56 Å². The summed E-state index contributed by atoms with van der Waals surface area (Å²) in [6, 6.07) is 11.5. The molecule has 2 aromatic carbocycles. The summed E-state index contributed by atoms with van der Waals surface area (Å²) in [6.07, 6.45) is -2.73. The molecule has 1 saturated heterocycles. The van der Waals surface area contributed by atoms with E-state index >= 15 is 0 Å². The van der Waals surface area contributed by atoms with Gasteiger partial charge in [0.1, 0.15) is 11.5 Å². The summed E-state index contributed by atoms with van der Waals surface area (Å²) in [5.41, 5.74) is -0.375. The van der Waals surface area contributed by atoms with Crippen molar-refractivity contribution in [1.29, 1.82) is 0 Å². The first-order valence-corrected chi connectivity index (χ1v) is 8.81. The van der Waals surface area contributed by atoms with E-state index in [4.69, 9.17) is 4.74 Å². The molecule has 1 amide bonds. The average Bonchev–Trinajstić information content (AvgIpc) is 2.61. The van der Waals surface area contributed by atoms with Crippen molar-refractivity contribution in [3.8, 4) is 11.5 Å². The van der Waals surface area contributed by atoms with Gasteiger partial charge in [0.25, 0.3) is 5.91 Å². The topological polar surface area (TPSA) is 50.4 Å². The maximum absolute atomic E-state index is 12.8. The van der Waals surface area contributed by atoms with Crippen molar-refractivity contribution in [2.75, 3.05) is 6.54 Å². The molecular weight excluding hydrogens is 357 g/mol. The minimum Gasteiger partial charge on any atom is -0.457 e. The number of benzene rings is 2. The van der Waals surface area contributed by atoms with Crippen molar-refractivity contribution in [3.05, 3.63) is 59.7 Å². The highest BCUT2D eigenvalue weighted by atomic mass is 19.4. The van der Waals surface area contributed by atoms with Crippen LogP contribution in [-0.2, 0) is 6.18 Å². The Morgan fingerprint density at radius 3 is 2.56 bits per heavy atom. The van der Waals surface area contributed by atoms with Gasteiger partial charge in [-0.3, -0.25) is 4.79 Å². The molecule has 2 aromatic rings. The van der Waals surface area contributed by atoms with Crippen LogP contribution >= 0.6 is 0 Å². The Balaban J connectivity index is 1.69. The van der Waals surface area contributed by atoms with Gasteiger partial charge in [-0.2, -0.15) is 13.2 Å². The van der Waals surface area contributed by atoms with Crippen molar-refractivity contribution < 1.29 is 22.7 Å². The lowest BCUT2D eigenvalue weighted by atomic mass is 10.0. The van der Waals surface area contributed by atoms with Crippen LogP contribution in [0.4, 0.5) is 13.2 Å². The van der Waals surface area contributed by atoms with E-state index < -0.39 is 11.7 Å². The molecule has 1 fully saturated rings. The number of hydrogen-bond acceptors (Lipinski definition) is 3. The Bertz CT molecular complexity index is 808. The molecule has 1 heterocycles. The summed E-state index contributed by atoms with van der Waals surface area (Å²) < 4.78 is 44.0. The van der Waals surface area contributed by atoms with Crippen LogP contribution in [0.3, 0.4) is 0 Å². The Hall–Kier alpha value is -2.54. The van der Waals surface area contributed by atoms with Gasteiger partial charge in [0, 0.05) is 17.6 Å². The van der Waals surface area contributed by atoms with Crippen LogP contribution in [0, 0.1) is 0 Å². The monoisotopic (exact) mass is 378 g/mol. The molecule has 0 spiro atoms. The number of amides is 1. The van der Waals surface area contributed by atoms with Gasteiger partial charge >= 0.3 is 6.18 Å². The van der Waals surface area contributed by atoms with Crippen LogP contribution in [-0.4, -0.2) is 24.5 Å². The van der Waals surface area contributed by atoms with E-state index in [0.717, 1.165) is 31.5 Å². The summed E-state index contributed by atoms with van der Waals surface area (Å²) in [7, 11) is 0. The van der Waals surface area contributed by atoms with E-state index in [-0.39, 0.29) is 17.7 Å². The number of ether oxygens (including phenoxy) is 1. The van der Waals surface area contributed by atoms with Gasteiger partial charge in [-0.25, -0.2) is 0 Å². The molecule has 27 heavy (non-hydrogen) atoms. The molecule has 0 aromatic heterocycles. The number of hydrogen-bond donors (Lipinski definition) is 2. The molecule has 3 rings (SSSR count). The first-order valence-electron chi connectivity index (χ1n) is 8.81. The number of alkyl halides is 3. The number of rotatable bonds is 4. The second-order valence-corrected chi connectivity index (χ2v) is 6.71. The minimum absolute atomic E-state index is 0.0644. The van der Waals surface area contributed by atoms with Crippen molar-refractivity contribution >= 4 is 5.91 Å². The van der Waals surface area contributed by atoms with E-state index in [1.165, 1.54) is 18.2 Å². The predicted molar refractivity (Wildman–Crippen MR) is 95.9 cm³/mol. The van der Waals surface area contributed by atoms with Crippen molar-refractivity contribution in [2.45, 2.75) is 38.0 Å². The Labute approximate surface area is 155 Å². The fourth-order valence-corrected chi connectivity index (χ4v) is 3.10. The Kier molecular flexibility index (Phi) is 5.70. The number of piperidine rings is 1. The average molecular weight is 378 g/mol. The predicted octanol–water partition coefficient (Wildman–Crippen LogP) is 4.37. The Morgan fingerprint density at radius 2 is 1.85 bits per heavy atom. The molecule has 2 N–H and O–H groups in total. The highest BCUT2D eigenvalue weighted by Crippen LogP contribution is 2.32. The van der Waals surface area contributed by atoms with Gasteiger partial charge in [-0.05, 0) is 62.7 Å². The van der Waals surface area contributed by atoms with Crippen molar-refractivity contribution in [2.24, 2.45) is 0 Å². The molecule has 4 nitrogen and oxygen atoms in total. The van der Waals surface area contributed by atoms with Crippen molar-refractivity contribution in [3.63, 3.8) is 0 Å². The fourth-order valence-electron chi connectivity index (χ4n) is 3.10. The zero-order valence-electron chi connectivity index (χ0n) is 14.8. The summed E-state index contributed by atoms with van der Waals surface area (Å²) in [6.45, 7) is 2.92. The standard InChI is InChI=1S/C20H21F3N2O2/c1-13-10-16(8-9-24-13)25-19(26)14-4-2-6-17(11-14)27-18-7-3-5-15(12-18)20(21,22)23/h2-7,11-13,16,24H,8-10H2,1H3,(H,25,26). The SMILES string of the molecule is CC1CC(NC(=O)c2cccc(Oc3cccc(C(F)(F)F)c3)c2)CCN1. The third-order valence-electron chi connectivity index (χ3n) is 4.45. The normalized spacial score (nSPS) is 20.1. The molecule has 2 atom stereocenters. The van der Waals surface area contributed by atoms with E-state index in [0.29, 0.717) is 17.4 Å². The number of carbonyl (C=O) groups excluding carboxylic acids is 1. The molecule has 2 unspecified atom stereocenters. The Morgan fingerprint density at radius 1 is 1.15 bits per heavy atom. The van der Waals surface area contributed by atoms with Gasteiger partial charge in [0.2, 0.25) is 0 Å².